The summed E-state index contributed by atoms with van der Waals surface area (Å²) in [6, 6.07) is 0. The summed E-state index contributed by atoms with van der Waals surface area (Å²) in [4.78, 5) is 0. The zero-order valence-electron chi connectivity index (χ0n) is 9.73. The smallest absolute Gasteiger partial charge is 0.0201 e. The van der Waals surface area contributed by atoms with E-state index in [1.165, 1.54) is 24.8 Å². The van der Waals surface area contributed by atoms with Gasteiger partial charge in [-0.15, -0.1) is 0 Å². The van der Waals surface area contributed by atoms with Crippen molar-refractivity contribution < 1.29 is 0 Å². The van der Waals surface area contributed by atoms with Gasteiger partial charge in [-0.05, 0) is 49.4 Å². The maximum Gasteiger partial charge on any atom is 0.0201 e. The van der Waals surface area contributed by atoms with Gasteiger partial charge in [-0.25, -0.2) is 0 Å². The molecule has 14 heavy (non-hydrogen) atoms. The van der Waals surface area contributed by atoms with Crippen LogP contribution in [-0.4, -0.2) is 0 Å². The number of hydrogen-bond donors (Lipinski definition) is 0. The molecule has 0 aromatic heterocycles. The van der Waals surface area contributed by atoms with Gasteiger partial charge in [0.2, 0.25) is 0 Å². The first kappa shape index (κ1) is 10.5. The molecular formula is C13H21Cl. The lowest BCUT2D eigenvalue weighted by molar-refractivity contribution is -0.0241. The molecule has 0 heterocycles. The molecule has 4 atom stereocenters. The van der Waals surface area contributed by atoms with Crippen molar-refractivity contribution in [3.8, 4) is 0 Å². The minimum absolute atomic E-state index is 0.567. The number of fused-ring (bicyclic) bond motifs is 1. The number of hydrogen-bond acceptors (Lipinski definition) is 0. The van der Waals surface area contributed by atoms with Crippen molar-refractivity contribution >= 4 is 11.6 Å². The molecule has 1 saturated carbocycles. The third-order valence-electron chi connectivity index (χ3n) is 4.99. The highest BCUT2D eigenvalue weighted by Crippen LogP contribution is 2.59. The molecule has 2 aliphatic rings. The number of rotatable bonds is 0. The minimum Gasteiger partial charge on any atom is -0.0889 e. The topological polar surface area (TPSA) is 0 Å². The van der Waals surface area contributed by atoms with Crippen LogP contribution in [0.3, 0.4) is 0 Å². The van der Waals surface area contributed by atoms with Crippen LogP contribution in [-0.2, 0) is 0 Å². The molecule has 1 heteroatoms. The van der Waals surface area contributed by atoms with Crippen molar-refractivity contribution in [1.82, 2.24) is 0 Å². The molecule has 0 spiro atoms. The lowest BCUT2D eigenvalue weighted by atomic mass is 9.52. The molecule has 2 rings (SSSR count). The van der Waals surface area contributed by atoms with Crippen molar-refractivity contribution in [3.63, 3.8) is 0 Å². The first-order valence-corrected chi connectivity index (χ1v) is 6.19. The lowest BCUT2D eigenvalue weighted by Crippen LogP contribution is -2.44. The Morgan fingerprint density at radius 1 is 1.36 bits per heavy atom. The molecular weight excluding hydrogens is 192 g/mol. The van der Waals surface area contributed by atoms with Crippen LogP contribution in [0.2, 0.25) is 0 Å². The highest BCUT2D eigenvalue weighted by molar-refractivity contribution is 6.30. The lowest BCUT2D eigenvalue weighted by Gasteiger charge is -2.52. The van der Waals surface area contributed by atoms with Crippen LogP contribution < -0.4 is 0 Å². The van der Waals surface area contributed by atoms with E-state index in [1.54, 1.807) is 0 Å². The molecule has 80 valence electrons. The molecule has 0 N–H and O–H groups in total. The van der Waals surface area contributed by atoms with Crippen molar-refractivity contribution in [2.75, 3.05) is 0 Å². The predicted octanol–water partition coefficient (Wildman–Crippen LogP) is 4.59. The Morgan fingerprint density at radius 2 is 2.00 bits per heavy atom. The van der Waals surface area contributed by atoms with Gasteiger partial charge in [0.15, 0.2) is 0 Å². The fourth-order valence-electron chi connectivity index (χ4n) is 3.55. The Labute approximate surface area is 92.7 Å². The van der Waals surface area contributed by atoms with Gasteiger partial charge in [-0.1, -0.05) is 37.9 Å². The average molecular weight is 213 g/mol. The van der Waals surface area contributed by atoms with E-state index in [1.807, 2.05) is 0 Å². The van der Waals surface area contributed by atoms with Crippen molar-refractivity contribution in [2.45, 2.75) is 47.0 Å². The van der Waals surface area contributed by atoms with Crippen LogP contribution >= 0.6 is 11.6 Å². The normalized spacial score (nSPS) is 48.2. The first-order chi connectivity index (χ1) is 6.47. The van der Waals surface area contributed by atoms with Crippen LogP contribution in [0.15, 0.2) is 10.6 Å². The van der Waals surface area contributed by atoms with Crippen LogP contribution in [0, 0.1) is 23.2 Å². The van der Waals surface area contributed by atoms with Gasteiger partial charge >= 0.3 is 0 Å². The summed E-state index contributed by atoms with van der Waals surface area (Å²) in [7, 11) is 0. The SMILES string of the molecule is CC1=C(Cl)[C@H](C)C2CCC2(C)C(C)C1. The van der Waals surface area contributed by atoms with Crippen LogP contribution in [0.1, 0.15) is 47.0 Å². The monoisotopic (exact) mass is 212 g/mol. The van der Waals surface area contributed by atoms with Gasteiger partial charge in [0.25, 0.3) is 0 Å². The van der Waals surface area contributed by atoms with E-state index in [4.69, 9.17) is 11.6 Å². The summed E-state index contributed by atoms with van der Waals surface area (Å²) < 4.78 is 0. The summed E-state index contributed by atoms with van der Waals surface area (Å²) >= 11 is 6.42. The van der Waals surface area contributed by atoms with Gasteiger partial charge < -0.3 is 0 Å². The van der Waals surface area contributed by atoms with E-state index in [2.05, 4.69) is 27.7 Å². The molecule has 0 saturated heterocycles. The maximum atomic E-state index is 6.42. The van der Waals surface area contributed by atoms with Gasteiger partial charge in [0.05, 0.1) is 0 Å². The Bertz CT molecular complexity index is 279. The summed E-state index contributed by atoms with van der Waals surface area (Å²) in [6.45, 7) is 9.39. The first-order valence-electron chi connectivity index (χ1n) is 5.82. The van der Waals surface area contributed by atoms with E-state index in [9.17, 15) is 0 Å². The molecule has 2 aliphatic carbocycles. The minimum atomic E-state index is 0.567. The Kier molecular flexibility index (Phi) is 2.46. The molecule has 0 nitrogen and oxygen atoms in total. The third kappa shape index (κ3) is 1.26. The van der Waals surface area contributed by atoms with Crippen molar-refractivity contribution in [2.24, 2.45) is 23.2 Å². The third-order valence-corrected chi connectivity index (χ3v) is 5.66. The van der Waals surface area contributed by atoms with Crippen LogP contribution in [0.25, 0.3) is 0 Å². The largest absolute Gasteiger partial charge is 0.0889 e. The molecule has 1 fully saturated rings. The van der Waals surface area contributed by atoms with E-state index < -0.39 is 0 Å². The van der Waals surface area contributed by atoms with Crippen molar-refractivity contribution in [3.05, 3.63) is 10.6 Å². The standard InChI is InChI=1S/C13H21Cl/c1-8-7-9(2)13(4)6-5-11(13)10(3)12(8)14/h9-11H,5-7H2,1-4H3/t9?,10-,11?,13?/m1/s1. The summed E-state index contributed by atoms with van der Waals surface area (Å²) in [5, 5.41) is 1.16. The zero-order chi connectivity index (χ0) is 10.5. The summed E-state index contributed by atoms with van der Waals surface area (Å²) in [6.07, 6.45) is 3.99. The Balaban J connectivity index is 2.34. The summed E-state index contributed by atoms with van der Waals surface area (Å²) in [5.41, 5.74) is 2.00. The second-order valence-corrected chi connectivity index (χ2v) is 6.08. The quantitative estimate of drug-likeness (QED) is 0.551. The van der Waals surface area contributed by atoms with Crippen LogP contribution in [0.5, 0.6) is 0 Å². The maximum absolute atomic E-state index is 6.42. The fraction of sp³-hybridized carbons (Fsp3) is 0.846. The van der Waals surface area contributed by atoms with Gasteiger partial charge in [0.1, 0.15) is 0 Å². The predicted molar refractivity (Wildman–Crippen MR) is 62.3 cm³/mol. The van der Waals surface area contributed by atoms with Crippen LogP contribution in [0.4, 0.5) is 0 Å². The molecule has 0 aliphatic heterocycles. The molecule has 0 aromatic carbocycles. The highest BCUT2D eigenvalue weighted by Gasteiger charge is 2.50. The van der Waals surface area contributed by atoms with Gasteiger partial charge in [0, 0.05) is 5.03 Å². The van der Waals surface area contributed by atoms with E-state index in [0.717, 1.165) is 16.9 Å². The second kappa shape index (κ2) is 3.27. The van der Waals surface area contributed by atoms with E-state index in [0.29, 0.717) is 11.3 Å². The molecule has 0 radical (unpaired) electrons. The molecule has 3 unspecified atom stereocenters. The van der Waals surface area contributed by atoms with Crippen molar-refractivity contribution in [1.29, 1.82) is 0 Å². The molecule has 0 amide bonds. The molecule has 0 bridgehead atoms. The van der Waals surface area contributed by atoms with Gasteiger partial charge in [-0.2, -0.15) is 0 Å². The summed E-state index contributed by atoms with van der Waals surface area (Å²) in [5.74, 6) is 2.24. The number of allylic oxidation sites excluding steroid dienone is 2. The average Bonchev–Trinajstić information content (AvgIpc) is 2.14. The highest BCUT2D eigenvalue weighted by atomic mass is 35.5. The number of halogens is 1. The van der Waals surface area contributed by atoms with Gasteiger partial charge in [-0.3, -0.25) is 0 Å². The van der Waals surface area contributed by atoms with E-state index in [-0.39, 0.29) is 0 Å². The Hall–Kier alpha value is 0.0300. The molecule has 0 aromatic rings. The zero-order valence-corrected chi connectivity index (χ0v) is 10.5. The second-order valence-electron chi connectivity index (χ2n) is 5.67. The van der Waals surface area contributed by atoms with E-state index >= 15 is 0 Å². The fourth-order valence-corrected chi connectivity index (χ4v) is 3.78. The Morgan fingerprint density at radius 3 is 2.50 bits per heavy atom.